The van der Waals surface area contributed by atoms with Crippen LogP contribution in [-0.2, 0) is 0 Å². The number of pyridine rings is 1. The molecule has 9 heteroatoms. The molecule has 0 bridgehead atoms. The van der Waals surface area contributed by atoms with Crippen molar-refractivity contribution < 1.29 is 4.39 Å². The van der Waals surface area contributed by atoms with E-state index in [0.717, 1.165) is 17.4 Å². The minimum absolute atomic E-state index is 0. The van der Waals surface area contributed by atoms with Crippen LogP contribution < -0.4 is 5.32 Å². The van der Waals surface area contributed by atoms with Crippen LogP contribution >= 0.6 is 36.0 Å². The SMILES string of the molecule is C[C@@H]1CCCN(SC2CCNC2)C1.Cl.Fc1ccc(-c2ncc(Cl)[nH]2)nc1. The van der Waals surface area contributed by atoms with E-state index < -0.39 is 0 Å². The summed E-state index contributed by atoms with van der Waals surface area (Å²) >= 11 is 7.72. The van der Waals surface area contributed by atoms with Gasteiger partial charge in [-0.15, -0.1) is 12.4 Å². The van der Waals surface area contributed by atoms with Gasteiger partial charge in [-0.2, -0.15) is 0 Å². The van der Waals surface area contributed by atoms with Gasteiger partial charge in [0.15, 0.2) is 5.82 Å². The number of hydrogen-bond donors (Lipinski definition) is 2. The highest BCUT2D eigenvalue weighted by molar-refractivity contribution is 7.97. The van der Waals surface area contributed by atoms with Crippen LogP contribution in [0.1, 0.15) is 26.2 Å². The van der Waals surface area contributed by atoms with Gasteiger partial charge in [0.25, 0.3) is 0 Å². The summed E-state index contributed by atoms with van der Waals surface area (Å²) in [4.78, 5) is 10.6. The number of nitrogens with zero attached hydrogens (tertiary/aromatic N) is 3. The largest absolute Gasteiger partial charge is 0.328 e. The average Bonchev–Trinajstić information content (AvgIpc) is 3.28. The van der Waals surface area contributed by atoms with E-state index in [4.69, 9.17) is 11.6 Å². The fourth-order valence-corrected chi connectivity index (χ4v) is 4.67. The van der Waals surface area contributed by atoms with Gasteiger partial charge < -0.3 is 10.3 Å². The molecule has 0 aromatic carbocycles. The number of piperidine rings is 1. The Morgan fingerprint density at radius 1 is 1.26 bits per heavy atom. The van der Waals surface area contributed by atoms with Crippen molar-refractivity contribution in [2.75, 3.05) is 26.2 Å². The van der Waals surface area contributed by atoms with Crippen molar-refractivity contribution in [2.45, 2.75) is 31.4 Å². The highest BCUT2D eigenvalue weighted by atomic mass is 35.5. The van der Waals surface area contributed by atoms with Crippen molar-refractivity contribution in [1.29, 1.82) is 0 Å². The molecule has 27 heavy (non-hydrogen) atoms. The molecular formula is C18H26Cl2FN5S. The number of hydrogen-bond acceptors (Lipinski definition) is 5. The molecule has 0 spiro atoms. The molecule has 2 aliphatic rings. The Kier molecular flexibility index (Phi) is 9.32. The number of nitrogens with one attached hydrogen (secondary N) is 2. The monoisotopic (exact) mass is 433 g/mol. The summed E-state index contributed by atoms with van der Waals surface area (Å²) in [7, 11) is 0. The molecule has 2 N–H and O–H groups in total. The van der Waals surface area contributed by atoms with Crippen LogP contribution in [0.25, 0.3) is 11.5 Å². The Hall–Kier alpha value is -0.860. The van der Waals surface area contributed by atoms with Gasteiger partial charge in [-0.05, 0) is 43.9 Å². The van der Waals surface area contributed by atoms with E-state index >= 15 is 0 Å². The molecule has 1 unspecified atom stereocenters. The maximum Gasteiger partial charge on any atom is 0.157 e. The van der Waals surface area contributed by atoms with Crippen LogP contribution in [0.4, 0.5) is 4.39 Å². The zero-order chi connectivity index (χ0) is 18.4. The molecule has 0 radical (unpaired) electrons. The van der Waals surface area contributed by atoms with Crippen molar-refractivity contribution in [2.24, 2.45) is 5.92 Å². The maximum absolute atomic E-state index is 12.5. The second-order valence-electron chi connectivity index (χ2n) is 6.80. The third-order valence-corrected chi connectivity index (χ3v) is 5.97. The second-order valence-corrected chi connectivity index (χ2v) is 8.60. The van der Waals surface area contributed by atoms with E-state index in [1.54, 1.807) is 0 Å². The van der Waals surface area contributed by atoms with Crippen molar-refractivity contribution in [3.8, 4) is 11.5 Å². The first-order chi connectivity index (χ1) is 12.6. The summed E-state index contributed by atoms with van der Waals surface area (Å²) in [6.45, 7) is 7.43. The molecule has 2 atom stereocenters. The van der Waals surface area contributed by atoms with Crippen LogP contribution in [-0.4, -0.2) is 50.7 Å². The number of aromatic amines is 1. The smallest absolute Gasteiger partial charge is 0.157 e. The first kappa shape index (κ1) is 22.4. The van der Waals surface area contributed by atoms with Gasteiger partial charge in [-0.25, -0.2) is 14.4 Å². The van der Waals surface area contributed by atoms with Crippen LogP contribution in [0.2, 0.25) is 5.15 Å². The lowest BCUT2D eigenvalue weighted by molar-refractivity contribution is 0.301. The molecule has 0 amide bonds. The summed E-state index contributed by atoms with van der Waals surface area (Å²) in [6, 6.07) is 2.85. The first-order valence-corrected chi connectivity index (χ1v) is 10.3. The molecule has 0 aliphatic carbocycles. The summed E-state index contributed by atoms with van der Waals surface area (Å²) in [5.74, 6) is 1.07. The van der Waals surface area contributed by atoms with E-state index in [-0.39, 0.29) is 18.2 Å². The summed E-state index contributed by atoms with van der Waals surface area (Å²) in [5.41, 5.74) is 0.563. The molecular weight excluding hydrogens is 408 g/mol. The molecule has 150 valence electrons. The number of halogens is 3. The van der Waals surface area contributed by atoms with E-state index in [0.29, 0.717) is 16.7 Å². The standard InChI is InChI=1S/C10H20N2S.C8H5ClFN3.ClH/c1-9-3-2-6-12(8-9)13-10-4-5-11-7-10;9-7-4-12-8(13-7)6-2-1-5(10)3-11-6;/h9-11H,2-8H2,1H3;1-4H,(H,12,13);1H/t9-,10?;;/m1../s1. The Labute approximate surface area is 175 Å². The predicted molar refractivity (Wildman–Crippen MR) is 113 cm³/mol. The molecule has 2 aromatic heterocycles. The van der Waals surface area contributed by atoms with Crippen LogP contribution in [0.3, 0.4) is 0 Å². The molecule has 2 fully saturated rings. The molecule has 4 heterocycles. The van der Waals surface area contributed by atoms with Crippen molar-refractivity contribution in [3.63, 3.8) is 0 Å². The zero-order valence-electron chi connectivity index (χ0n) is 15.3. The number of aromatic nitrogens is 3. The lowest BCUT2D eigenvalue weighted by Crippen LogP contribution is -2.31. The Bertz CT molecular complexity index is 679. The second kappa shape index (κ2) is 11.2. The molecule has 2 aromatic rings. The molecule has 2 saturated heterocycles. The maximum atomic E-state index is 12.5. The molecule has 2 aliphatic heterocycles. The fourth-order valence-electron chi connectivity index (χ4n) is 3.12. The van der Waals surface area contributed by atoms with Crippen LogP contribution in [0, 0.1) is 11.7 Å². The topological polar surface area (TPSA) is 56.8 Å². The van der Waals surface area contributed by atoms with Crippen molar-refractivity contribution >= 4 is 36.0 Å². The molecule has 0 saturated carbocycles. The first-order valence-electron chi connectivity index (χ1n) is 9.05. The summed E-state index contributed by atoms with van der Waals surface area (Å²) in [5, 5.41) is 4.71. The van der Waals surface area contributed by atoms with Gasteiger partial charge in [0, 0.05) is 24.9 Å². The third kappa shape index (κ3) is 7.23. The van der Waals surface area contributed by atoms with Crippen LogP contribution in [0.15, 0.2) is 24.5 Å². The fraction of sp³-hybridized carbons (Fsp3) is 0.556. The van der Waals surface area contributed by atoms with Gasteiger partial charge in [0.05, 0.1) is 12.4 Å². The molecule has 4 rings (SSSR count). The minimum atomic E-state index is -0.374. The minimum Gasteiger partial charge on any atom is -0.328 e. The van der Waals surface area contributed by atoms with E-state index in [1.165, 1.54) is 63.8 Å². The quantitative estimate of drug-likeness (QED) is 0.701. The van der Waals surface area contributed by atoms with Gasteiger partial charge in [0.1, 0.15) is 16.7 Å². The number of imidazole rings is 1. The average molecular weight is 434 g/mol. The van der Waals surface area contributed by atoms with Gasteiger partial charge >= 0.3 is 0 Å². The molecule has 5 nitrogen and oxygen atoms in total. The lowest BCUT2D eigenvalue weighted by Gasteiger charge is -2.31. The highest BCUT2D eigenvalue weighted by Gasteiger charge is 2.22. The van der Waals surface area contributed by atoms with E-state index in [9.17, 15) is 4.39 Å². The highest BCUT2D eigenvalue weighted by Crippen LogP contribution is 2.27. The van der Waals surface area contributed by atoms with Gasteiger partial charge in [-0.3, -0.25) is 4.31 Å². The Morgan fingerprint density at radius 3 is 2.70 bits per heavy atom. The predicted octanol–water partition coefficient (Wildman–Crippen LogP) is 4.41. The Morgan fingerprint density at radius 2 is 2.11 bits per heavy atom. The number of rotatable bonds is 3. The summed E-state index contributed by atoms with van der Waals surface area (Å²) in [6.07, 6.45) is 6.79. The van der Waals surface area contributed by atoms with Crippen molar-refractivity contribution in [1.82, 2.24) is 24.6 Å². The van der Waals surface area contributed by atoms with Crippen LogP contribution in [0.5, 0.6) is 0 Å². The zero-order valence-corrected chi connectivity index (χ0v) is 17.7. The normalized spacial score (nSPS) is 22.6. The van der Waals surface area contributed by atoms with E-state index in [2.05, 4.69) is 43.4 Å². The number of H-pyrrole nitrogens is 1. The van der Waals surface area contributed by atoms with Gasteiger partial charge in [0.2, 0.25) is 0 Å². The van der Waals surface area contributed by atoms with Crippen molar-refractivity contribution in [3.05, 3.63) is 35.5 Å². The van der Waals surface area contributed by atoms with Gasteiger partial charge in [-0.1, -0.05) is 30.5 Å². The Balaban J connectivity index is 0.000000187. The third-order valence-electron chi connectivity index (χ3n) is 4.45. The van der Waals surface area contributed by atoms with E-state index in [1.807, 2.05) is 0 Å². The lowest BCUT2D eigenvalue weighted by atomic mass is 10.0. The summed E-state index contributed by atoms with van der Waals surface area (Å²) < 4.78 is 15.1.